The zero-order valence-electron chi connectivity index (χ0n) is 9.27. The largest absolute Gasteiger partial charge is 0.447 e. The third kappa shape index (κ3) is 3.21. The first-order chi connectivity index (χ1) is 8.97. The van der Waals surface area contributed by atoms with Crippen molar-refractivity contribution in [2.24, 2.45) is 0 Å². The average molecular weight is 347 g/mol. The van der Waals surface area contributed by atoms with Crippen LogP contribution in [0.5, 0.6) is 11.5 Å². The number of nitro benzene ring substituents is 1. The highest BCUT2D eigenvalue weighted by Gasteiger charge is 2.17. The molecular formula is C12H6BrClFNO3. The van der Waals surface area contributed by atoms with E-state index < -0.39 is 10.7 Å². The molecule has 0 heterocycles. The quantitative estimate of drug-likeness (QED) is 0.584. The van der Waals surface area contributed by atoms with Gasteiger partial charge in [0.25, 0.3) is 0 Å². The lowest BCUT2D eigenvalue weighted by atomic mass is 10.3. The molecule has 19 heavy (non-hydrogen) atoms. The SMILES string of the molecule is O=[N+]([O-])c1ccc(Cl)cc1Oc1cc(Br)ccc1F. The summed E-state index contributed by atoms with van der Waals surface area (Å²) in [5.74, 6) is -0.869. The summed E-state index contributed by atoms with van der Waals surface area (Å²) < 4.78 is 19.4. The number of halogens is 3. The van der Waals surface area contributed by atoms with E-state index >= 15 is 0 Å². The molecule has 2 rings (SSSR count). The molecule has 2 aromatic carbocycles. The van der Waals surface area contributed by atoms with Crippen molar-refractivity contribution in [3.63, 3.8) is 0 Å². The van der Waals surface area contributed by atoms with Gasteiger partial charge in [0.2, 0.25) is 5.75 Å². The van der Waals surface area contributed by atoms with Crippen LogP contribution in [0, 0.1) is 15.9 Å². The molecule has 0 amide bonds. The van der Waals surface area contributed by atoms with Crippen LogP contribution in [0.25, 0.3) is 0 Å². The third-order valence-electron chi connectivity index (χ3n) is 2.23. The van der Waals surface area contributed by atoms with Gasteiger partial charge in [-0.1, -0.05) is 27.5 Å². The molecule has 98 valence electrons. The molecule has 0 radical (unpaired) electrons. The van der Waals surface area contributed by atoms with E-state index in [1.54, 1.807) is 0 Å². The molecule has 0 aliphatic carbocycles. The predicted octanol–water partition coefficient (Wildman–Crippen LogP) is 4.94. The van der Waals surface area contributed by atoms with Crippen molar-refractivity contribution in [2.75, 3.05) is 0 Å². The second-order valence-electron chi connectivity index (χ2n) is 3.55. The molecule has 0 unspecified atom stereocenters. The molecule has 0 spiro atoms. The lowest BCUT2D eigenvalue weighted by Crippen LogP contribution is -1.95. The summed E-state index contributed by atoms with van der Waals surface area (Å²) in [7, 11) is 0. The van der Waals surface area contributed by atoms with Crippen LogP contribution in [0.1, 0.15) is 0 Å². The summed E-state index contributed by atoms with van der Waals surface area (Å²) in [6.45, 7) is 0. The molecule has 0 fully saturated rings. The number of nitro groups is 1. The molecule has 0 aliphatic heterocycles. The summed E-state index contributed by atoms with van der Waals surface area (Å²) in [6.07, 6.45) is 0. The number of hydrogen-bond donors (Lipinski definition) is 0. The Hall–Kier alpha value is -1.66. The highest BCUT2D eigenvalue weighted by Crippen LogP contribution is 2.35. The molecule has 0 atom stereocenters. The Morgan fingerprint density at radius 2 is 1.95 bits per heavy atom. The van der Waals surface area contributed by atoms with Gasteiger partial charge in [-0.2, -0.15) is 0 Å². The van der Waals surface area contributed by atoms with Crippen LogP contribution in [0.15, 0.2) is 40.9 Å². The average Bonchev–Trinajstić information content (AvgIpc) is 2.33. The Bertz CT molecular complexity index is 651. The van der Waals surface area contributed by atoms with Gasteiger partial charge in [-0.05, 0) is 24.3 Å². The van der Waals surface area contributed by atoms with Crippen LogP contribution < -0.4 is 4.74 Å². The van der Waals surface area contributed by atoms with Crippen LogP contribution in [-0.2, 0) is 0 Å². The topological polar surface area (TPSA) is 52.4 Å². The van der Waals surface area contributed by atoms with Gasteiger partial charge in [0.1, 0.15) is 0 Å². The highest BCUT2D eigenvalue weighted by molar-refractivity contribution is 9.10. The van der Waals surface area contributed by atoms with Crippen LogP contribution in [0.2, 0.25) is 5.02 Å². The molecule has 0 bridgehead atoms. The summed E-state index contributed by atoms with van der Waals surface area (Å²) in [5.41, 5.74) is -0.288. The number of ether oxygens (including phenoxy) is 1. The van der Waals surface area contributed by atoms with Crippen LogP contribution in [0.4, 0.5) is 10.1 Å². The number of hydrogen-bond acceptors (Lipinski definition) is 3. The zero-order valence-corrected chi connectivity index (χ0v) is 11.6. The minimum atomic E-state index is -0.627. The van der Waals surface area contributed by atoms with Gasteiger partial charge in [-0.25, -0.2) is 4.39 Å². The first kappa shape index (κ1) is 13.8. The lowest BCUT2D eigenvalue weighted by molar-refractivity contribution is -0.385. The molecule has 4 nitrogen and oxygen atoms in total. The van der Waals surface area contributed by atoms with Gasteiger partial charge in [-0.3, -0.25) is 10.1 Å². The van der Waals surface area contributed by atoms with Gasteiger partial charge in [0.15, 0.2) is 11.6 Å². The molecule has 0 saturated heterocycles. The zero-order chi connectivity index (χ0) is 14.0. The van der Waals surface area contributed by atoms with E-state index in [1.165, 1.54) is 36.4 Å². The van der Waals surface area contributed by atoms with Crippen molar-refractivity contribution in [1.82, 2.24) is 0 Å². The minimum Gasteiger partial charge on any atom is -0.447 e. The van der Waals surface area contributed by atoms with E-state index in [2.05, 4.69) is 15.9 Å². The molecule has 0 N–H and O–H groups in total. The summed E-state index contributed by atoms with van der Waals surface area (Å²) in [5, 5.41) is 11.1. The van der Waals surface area contributed by atoms with Crippen molar-refractivity contribution in [1.29, 1.82) is 0 Å². The molecule has 7 heteroatoms. The maximum atomic E-state index is 13.5. The maximum Gasteiger partial charge on any atom is 0.311 e. The van der Waals surface area contributed by atoms with Crippen LogP contribution in [0.3, 0.4) is 0 Å². The summed E-state index contributed by atoms with van der Waals surface area (Å²) in [4.78, 5) is 10.2. The van der Waals surface area contributed by atoms with Crippen molar-refractivity contribution < 1.29 is 14.1 Å². The van der Waals surface area contributed by atoms with Crippen molar-refractivity contribution in [2.45, 2.75) is 0 Å². The van der Waals surface area contributed by atoms with Gasteiger partial charge >= 0.3 is 5.69 Å². The Kier molecular flexibility index (Phi) is 4.01. The normalized spacial score (nSPS) is 10.3. The highest BCUT2D eigenvalue weighted by atomic mass is 79.9. The number of rotatable bonds is 3. The second-order valence-corrected chi connectivity index (χ2v) is 4.90. The van der Waals surface area contributed by atoms with Gasteiger partial charge in [0, 0.05) is 21.6 Å². The van der Waals surface area contributed by atoms with E-state index in [9.17, 15) is 14.5 Å². The maximum absolute atomic E-state index is 13.5. The molecular weight excluding hydrogens is 340 g/mol. The smallest absolute Gasteiger partial charge is 0.311 e. The van der Waals surface area contributed by atoms with Gasteiger partial charge in [0.05, 0.1) is 4.92 Å². The van der Waals surface area contributed by atoms with E-state index in [0.717, 1.165) is 0 Å². The van der Waals surface area contributed by atoms with E-state index in [-0.39, 0.29) is 22.2 Å². The fourth-order valence-corrected chi connectivity index (χ4v) is 1.90. The standard InChI is InChI=1S/C12H6BrClFNO3/c13-7-1-3-9(15)11(5-7)19-12-6-8(14)2-4-10(12)16(17)18/h1-6H. The predicted molar refractivity (Wildman–Crippen MR) is 72.3 cm³/mol. The molecule has 2 aromatic rings. The molecule has 0 aromatic heterocycles. The number of benzene rings is 2. The van der Waals surface area contributed by atoms with E-state index in [0.29, 0.717) is 4.47 Å². The minimum absolute atomic E-state index is 0.116. The molecule has 0 aliphatic rings. The lowest BCUT2D eigenvalue weighted by Gasteiger charge is -2.08. The van der Waals surface area contributed by atoms with Crippen LogP contribution >= 0.6 is 27.5 Å². The third-order valence-corrected chi connectivity index (χ3v) is 2.96. The first-order valence-corrected chi connectivity index (χ1v) is 6.21. The first-order valence-electron chi connectivity index (χ1n) is 5.04. The van der Waals surface area contributed by atoms with E-state index in [4.69, 9.17) is 16.3 Å². The Balaban J connectivity index is 2.45. The second kappa shape index (κ2) is 5.54. The van der Waals surface area contributed by atoms with Crippen molar-refractivity contribution in [3.05, 3.63) is 61.8 Å². The van der Waals surface area contributed by atoms with E-state index in [1.807, 2.05) is 0 Å². The fourth-order valence-electron chi connectivity index (χ4n) is 1.39. The van der Waals surface area contributed by atoms with Gasteiger partial charge in [-0.15, -0.1) is 0 Å². The Morgan fingerprint density at radius 1 is 1.21 bits per heavy atom. The number of nitrogens with zero attached hydrogens (tertiary/aromatic N) is 1. The Morgan fingerprint density at radius 3 is 2.63 bits per heavy atom. The fraction of sp³-hybridized carbons (Fsp3) is 0. The van der Waals surface area contributed by atoms with Crippen LogP contribution in [-0.4, -0.2) is 4.92 Å². The van der Waals surface area contributed by atoms with Gasteiger partial charge < -0.3 is 4.74 Å². The Labute approximate surface area is 121 Å². The molecule has 0 saturated carbocycles. The van der Waals surface area contributed by atoms with Crippen molar-refractivity contribution in [3.8, 4) is 11.5 Å². The summed E-state index contributed by atoms with van der Waals surface area (Å²) >= 11 is 8.92. The van der Waals surface area contributed by atoms with Crippen molar-refractivity contribution >= 4 is 33.2 Å². The monoisotopic (exact) mass is 345 g/mol. The summed E-state index contributed by atoms with van der Waals surface area (Å²) in [6, 6.07) is 7.89.